The summed E-state index contributed by atoms with van der Waals surface area (Å²) in [6.45, 7) is -0.304. The van der Waals surface area contributed by atoms with Crippen LogP contribution in [0.2, 0.25) is 0 Å². The maximum absolute atomic E-state index is 13.5. The van der Waals surface area contributed by atoms with E-state index in [2.05, 4.69) is 4.72 Å². The Balaban J connectivity index is 1.92. The second-order valence-electron chi connectivity index (χ2n) is 7.12. The summed E-state index contributed by atoms with van der Waals surface area (Å²) in [5, 5.41) is 8.90. The van der Waals surface area contributed by atoms with Gasteiger partial charge in [0.05, 0.1) is 25.8 Å². The van der Waals surface area contributed by atoms with Crippen molar-refractivity contribution in [1.29, 1.82) is 0 Å². The molecule has 0 aliphatic carbocycles. The Morgan fingerprint density at radius 2 is 1.47 bits per heavy atom. The smallest absolute Gasteiger partial charge is 0.417 e. The molecule has 2 N–H and O–H groups in total. The molecule has 7 nitrogen and oxygen atoms in total. The van der Waals surface area contributed by atoms with Crippen LogP contribution in [0.5, 0.6) is 0 Å². The molecule has 0 aliphatic rings. The van der Waals surface area contributed by atoms with Gasteiger partial charge in [0.1, 0.15) is 0 Å². The third-order valence-electron chi connectivity index (χ3n) is 4.82. The fourth-order valence-corrected chi connectivity index (χ4v) is 5.75. The van der Waals surface area contributed by atoms with Gasteiger partial charge in [-0.25, -0.2) is 26.4 Å². The van der Waals surface area contributed by atoms with E-state index in [1.165, 1.54) is 48.5 Å². The molecule has 0 bridgehead atoms. The summed E-state index contributed by atoms with van der Waals surface area (Å²) in [5.41, 5.74) is -0.933. The molecule has 0 atom stereocenters. The number of halogens is 3. The Labute approximate surface area is 193 Å². The van der Waals surface area contributed by atoms with Gasteiger partial charge < -0.3 is 5.11 Å². The lowest BCUT2D eigenvalue weighted by atomic mass is 10.1. The van der Waals surface area contributed by atoms with Crippen LogP contribution in [0.25, 0.3) is 0 Å². The highest BCUT2D eigenvalue weighted by molar-refractivity contribution is 7.91. The van der Waals surface area contributed by atoms with Gasteiger partial charge in [-0.05, 0) is 54.4 Å². The van der Waals surface area contributed by atoms with Crippen molar-refractivity contribution < 1.29 is 39.9 Å². The van der Waals surface area contributed by atoms with E-state index in [4.69, 9.17) is 5.11 Å². The molecule has 3 aromatic carbocycles. The van der Waals surface area contributed by atoms with Crippen LogP contribution in [0.3, 0.4) is 0 Å². The van der Waals surface area contributed by atoms with Crippen molar-refractivity contribution in [3.8, 4) is 0 Å². The molecule has 12 heteroatoms. The molecular weight excluding hydrogens is 495 g/mol. The van der Waals surface area contributed by atoms with Crippen LogP contribution in [0.1, 0.15) is 21.5 Å². The first-order valence-electron chi connectivity index (χ1n) is 9.66. The quantitative estimate of drug-likeness (QED) is 0.474. The molecule has 3 rings (SSSR count). The molecule has 0 spiro atoms. The van der Waals surface area contributed by atoms with Gasteiger partial charge in [0.15, 0.2) is 0 Å². The van der Waals surface area contributed by atoms with Gasteiger partial charge in [-0.15, -0.1) is 0 Å². The van der Waals surface area contributed by atoms with Crippen molar-refractivity contribution in [3.63, 3.8) is 0 Å². The van der Waals surface area contributed by atoms with Crippen molar-refractivity contribution in [3.05, 3.63) is 89.5 Å². The Morgan fingerprint density at radius 1 is 0.853 bits per heavy atom. The van der Waals surface area contributed by atoms with E-state index >= 15 is 0 Å². The first-order valence-corrected chi connectivity index (χ1v) is 12.6. The fourth-order valence-electron chi connectivity index (χ4n) is 3.08. The number of aromatic carboxylic acids is 1. The molecule has 0 aliphatic heterocycles. The second-order valence-corrected chi connectivity index (χ2v) is 10.8. The topological polar surface area (TPSA) is 118 Å². The number of rotatable bonds is 8. The van der Waals surface area contributed by atoms with Crippen LogP contribution in [0, 0.1) is 0 Å². The van der Waals surface area contributed by atoms with E-state index in [1.807, 2.05) is 0 Å². The van der Waals surface area contributed by atoms with E-state index < -0.39 is 47.4 Å². The first kappa shape index (κ1) is 25.4. The summed E-state index contributed by atoms with van der Waals surface area (Å²) < 4.78 is 93.8. The predicted octanol–water partition coefficient (Wildman–Crippen LogP) is 3.76. The Bertz CT molecular complexity index is 1400. The number of benzene rings is 3. The lowest BCUT2D eigenvalue weighted by molar-refractivity contribution is -0.139. The number of carboxylic acids is 1. The molecule has 0 heterocycles. The molecule has 3 aromatic rings. The number of carbonyl (C=O) groups is 1. The standard InChI is InChI=1S/C22H18F3NO6S2/c23-22(24,25)19-11-10-18(33(29,30)17-4-2-1-3-5-17)14-20(19)34(31,32)26-13-12-15-6-8-16(9-7-15)21(27)28/h1-11,14,26H,12-13H2,(H,27,28). The zero-order valence-electron chi connectivity index (χ0n) is 17.3. The summed E-state index contributed by atoms with van der Waals surface area (Å²) >= 11 is 0. The minimum atomic E-state index is -5.05. The van der Waals surface area contributed by atoms with Gasteiger partial charge in [0, 0.05) is 6.54 Å². The average Bonchev–Trinajstić information content (AvgIpc) is 2.79. The normalized spacial score (nSPS) is 12.4. The van der Waals surface area contributed by atoms with Crippen molar-refractivity contribution in [1.82, 2.24) is 4.72 Å². The summed E-state index contributed by atoms with van der Waals surface area (Å²) in [4.78, 5) is 8.88. The van der Waals surface area contributed by atoms with Gasteiger partial charge in [0.25, 0.3) is 0 Å². The van der Waals surface area contributed by atoms with Gasteiger partial charge in [0.2, 0.25) is 19.9 Å². The second kappa shape index (κ2) is 9.57. The highest BCUT2D eigenvalue weighted by atomic mass is 32.2. The highest BCUT2D eigenvalue weighted by Gasteiger charge is 2.38. The zero-order chi connectivity index (χ0) is 25.1. The SMILES string of the molecule is O=C(O)c1ccc(CCNS(=O)(=O)c2cc(S(=O)(=O)c3ccccc3)ccc2C(F)(F)F)cc1. The molecule has 0 unspecified atom stereocenters. The Morgan fingerprint density at radius 3 is 2.03 bits per heavy atom. The molecule has 0 fully saturated rings. The summed E-state index contributed by atoms with van der Waals surface area (Å²) in [6, 6.07) is 14.1. The number of sulfonamides is 1. The molecule has 0 aromatic heterocycles. The van der Waals surface area contributed by atoms with Crippen LogP contribution in [0.15, 0.2) is 87.5 Å². The van der Waals surface area contributed by atoms with E-state index in [-0.39, 0.29) is 23.4 Å². The molecular formula is C22H18F3NO6S2. The molecule has 180 valence electrons. The Hall–Kier alpha value is -3.22. The van der Waals surface area contributed by atoms with Gasteiger partial charge in [-0.1, -0.05) is 30.3 Å². The number of alkyl halides is 3. The first-order chi connectivity index (χ1) is 15.8. The van der Waals surface area contributed by atoms with Crippen molar-refractivity contribution in [2.24, 2.45) is 0 Å². The minimum absolute atomic E-state index is 0.0237. The summed E-state index contributed by atoms with van der Waals surface area (Å²) in [5.74, 6) is -1.14. The van der Waals surface area contributed by atoms with Crippen LogP contribution in [-0.4, -0.2) is 34.5 Å². The number of carboxylic acid groups (broad SMARTS) is 1. The van der Waals surface area contributed by atoms with Crippen LogP contribution in [-0.2, 0) is 32.5 Å². The van der Waals surface area contributed by atoms with E-state index in [0.717, 1.165) is 0 Å². The van der Waals surface area contributed by atoms with Crippen LogP contribution >= 0.6 is 0 Å². The largest absolute Gasteiger partial charge is 0.478 e. The van der Waals surface area contributed by atoms with E-state index in [9.17, 15) is 34.8 Å². The van der Waals surface area contributed by atoms with Gasteiger partial charge in [-0.2, -0.15) is 13.2 Å². The zero-order valence-corrected chi connectivity index (χ0v) is 18.9. The molecule has 0 saturated heterocycles. The third kappa shape index (κ3) is 5.64. The minimum Gasteiger partial charge on any atom is -0.478 e. The maximum atomic E-state index is 13.5. The number of nitrogens with one attached hydrogen (secondary N) is 1. The molecule has 0 amide bonds. The number of sulfone groups is 1. The summed E-state index contributed by atoms with van der Waals surface area (Å²) in [7, 11) is -9.03. The molecule has 34 heavy (non-hydrogen) atoms. The predicted molar refractivity (Wildman–Crippen MR) is 116 cm³/mol. The molecule has 0 saturated carbocycles. The lowest BCUT2D eigenvalue weighted by Crippen LogP contribution is -2.28. The summed E-state index contributed by atoms with van der Waals surface area (Å²) in [6.07, 6.45) is -4.99. The number of hydrogen-bond donors (Lipinski definition) is 2. The van der Waals surface area contributed by atoms with E-state index in [0.29, 0.717) is 23.8 Å². The van der Waals surface area contributed by atoms with Crippen LogP contribution in [0.4, 0.5) is 13.2 Å². The lowest BCUT2D eigenvalue weighted by Gasteiger charge is -2.16. The Kier molecular flexibility index (Phi) is 7.15. The van der Waals surface area contributed by atoms with Crippen molar-refractivity contribution in [2.45, 2.75) is 27.3 Å². The van der Waals surface area contributed by atoms with Gasteiger partial charge >= 0.3 is 12.1 Å². The van der Waals surface area contributed by atoms with Crippen LogP contribution < -0.4 is 4.72 Å². The maximum Gasteiger partial charge on any atom is 0.417 e. The fraction of sp³-hybridized carbons (Fsp3) is 0.136. The molecule has 0 radical (unpaired) electrons. The van der Waals surface area contributed by atoms with Crippen molar-refractivity contribution in [2.75, 3.05) is 6.54 Å². The average molecular weight is 514 g/mol. The van der Waals surface area contributed by atoms with E-state index in [1.54, 1.807) is 6.07 Å². The van der Waals surface area contributed by atoms with Gasteiger partial charge in [-0.3, -0.25) is 0 Å². The highest BCUT2D eigenvalue weighted by Crippen LogP contribution is 2.36. The monoisotopic (exact) mass is 513 g/mol. The number of hydrogen-bond acceptors (Lipinski definition) is 5. The third-order valence-corrected chi connectivity index (χ3v) is 8.09. The van der Waals surface area contributed by atoms with Crippen molar-refractivity contribution >= 4 is 25.8 Å².